The number of aryl methyl sites for hydroxylation is 1. The predicted octanol–water partition coefficient (Wildman–Crippen LogP) is 3.00. The summed E-state index contributed by atoms with van der Waals surface area (Å²) in [6.45, 7) is 5.29. The average molecular weight is 360 g/mol. The summed E-state index contributed by atoms with van der Waals surface area (Å²) in [7, 11) is 0. The molecule has 2 aromatic rings. The van der Waals surface area contributed by atoms with Crippen LogP contribution in [0.15, 0.2) is 35.7 Å². The van der Waals surface area contributed by atoms with Crippen LogP contribution in [0.2, 0.25) is 0 Å². The number of nitro groups is 1. The Hall–Kier alpha value is -2.61. The second-order valence-corrected chi connectivity index (χ2v) is 6.93. The Labute approximate surface area is 150 Å². The lowest BCUT2D eigenvalue weighted by atomic mass is 10.2. The molecule has 1 fully saturated rings. The number of hydrogen-bond acceptors (Lipinski definition) is 5. The molecule has 0 radical (unpaired) electrons. The van der Waals surface area contributed by atoms with Crippen LogP contribution in [-0.4, -0.2) is 42.0 Å². The Morgan fingerprint density at radius 2 is 1.88 bits per heavy atom. The molecule has 132 valence electrons. The molecule has 2 amide bonds. The number of non-ortho nitro benzene ring substituents is 1. The quantitative estimate of drug-likeness (QED) is 0.671. The topological polar surface area (TPSA) is 78.7 Å². The molecule has 3 rings (SSSR count). The maximum Gasteiger partial charge on any atom is 0.317 e. The number of urea groups is 1. The highest BCUT2D eigenvalue weighted by Crippen LogP contribution is 2.21. The number of anilines is 1. The van der Waals surface area contributed by atoms with Gasteiger partial charge in [0.25, 0.3) is 5.69 Å². The number of nitrogens with one attached hydrogen (secondary N) is 1. The van der Waals surface area contributed by atoms with E-state index in [0.717, 1.165) is 5.69 Å². The van der Waals surface area contributed by atoms with E-state index < -0.39 is 4.92 Å². The number of benzene rings is 1. The van der Waals surface area contributed by atoms with Gasteiger partial charge in [-0.15, -0.1) is 11.3 Å². The van der Waals surface area contributed by atoms with Gasteiger partial charge in [0.15, 0.2) is 0 Å². The number of nitro benzene ring substituents is 1. The lowest BCUT2D eigenvalue weighted by molar-refractivity contribution is -0.384. The highest BCUT2D eigenvalue weighted by Gasteiger charge is 2.21. The zero-order valence-corrected chi connectivity index (χ0v) is 14.8. The van der Waals surface area contributed by atoms with Crippen LogP contribution in [0.25, 0.3) is 0 Å². The molecule has 0 spiro atoms. The monoisotopic (exact) mass is 360 g/mol. The van der Waals surface area contributed by atoms with E-state index in [4.69, 9.17) is 0 Å². The molecule has 8 heteroatoms. The van der Waals surface area contributed by atoms with Crippen LogP contribution in [0, 0.1) is 17.0 Å². The first-order chi connectivity index (χ1) is 12.0. The molecule has 0 unspecified atom stereocenters. The first kappa shape index (κ1) is 17.2. The van der Waals surface area contributed by atoms with E-state index in [-0.39, 0.29) is 11.7 Å². The summed E-state index contributed by atoms with van der Waals surface area (Å²) in [6.07, 6.45) is 0. The molecule has 7 nitrogen and oxygen atoms in total. The molecule has 1 aromatic heterocycles. The van der Waals surface area contributed by atoms with Gasteiger partial charge in [0.2, 0.25) is 0 Å². The zero-order valence-electron chi connectivity index (χ0n) is 14.0. The van der Waals surface area contributed by atoms with Crippen molar-refractivity contribution in [2.75, 3.05) is 31.1 Å². The van der Waals surface area contributed by atoms with Crippen molar-refractivity contribution in [3.63, 3.8) is 0 Å². The summed E-state index contributed by atoms with van der Waals surface area (Å²) in [5.74, 6) is 0. The molecular formula is C17H20N4O3S. The van der Waals surface area contributed by atoms with Crippen molar-refractivity contribution < 1.29 is 9.72 Å². The predicted molar refractivity (Wildman–Crippen MR) is 98.2 cm³/mol. The second kappa shape index (κ2) is 7.52. The minimum Gasteiger partial charge on any atom is -0.368 e. The highest BCUT2D eigenvalue weighted by molar-refractivity contribution is 7.10. The van der Waals surface area contributed by atoms with Crippen molar-refractivity contribution in [2.45, 2.75) is 13.5 Å². The van der Waals surface area contributed by atoms with E-state index in [1.165, 1.54) is 22.6 Å². The summed E-state index contributed by atoms with van der Waals surface area (Å²) < 4.78 is 0. The summed E-state index contributed by atoms with van der Waals surface area (Å²) in [5, 5.41) is 15.7. The number of nitrogens with zero attached hydrogens (tertiary/aromatic N) is 3. The first-order valence-corrected chi connectivity index (χ1v) is 8.97. The van der Waals surface area contributed by atoms with Gasteiger partial charge in [0.1, 0.15) is 0 Å². The van der Waals surface area contributed by atoms with Gasteiger partial charge in [-0.3, -0.25) is 10.1 Å². The third kappa shape index (κ3) is 4.08. The van der Waals surface area contributed by atoms with Crippen LogP contribution in [0.3, 0.4) is 0 Å². The number of carbonyl (C=O) groups is 1. The SMILES string of the molecule is Cc1ccsc1CNC(=O)N1CCN(c2ccc([N+](=O)[O-])cc2)CC1. The van der Waals surface area contributed by atoms with Crippen LogP contribution >= 0.6 is 11.3 Å². The summed E-state index contributed by atoms with van der Waals surface area (Å²) in [5.41, 5.74) is 2.23. The number of carbonyl (C=O) groups excluding carboxylic acids is 1. The van der Waals surface area contributed by atoms with E-state index in [2.05, 4.69) is 16.3 Å². The Bertz CT molecular complexity index is 752. The Morgan fingerprint density at radius 1 is 1.20 bits per heavy atom. The van der Waals surface area contributed by atoms with E-state index in [1.54, 1.807) is 23.5 Å². The fraction of sp³-hybridized carbons (Fsp3) is 0.353. The molecule has 1 aliphatic heterocycles. The smallest absolute Gasteiger partial charge is 0.317 e. The van der Waals surface area contributed by atoms with Crippen LogP contribution in [0.4, 0.5) is 16.2 Å². The van der Waals surface area contributed by atoms with Gasteiger partial charge in [-0.2, -0.15) is 0 Å². The summed E-state index contributed by atoms with van der Waals surface area (Å²) >= 11 is 1.65. The van der Waals surface area contributed by atoms with Crippen LogP contribution in [-0.2, 0) is 6.54 Å². The van der Waals surface area contributed by atoms with Gasteiger partial charge >= 0.3 is 6.03 Å². The van der Waals surface area contributed by atoms with E-state index in [9.17, 15) is 14.9 Å². The molecule has 0 atom stereocenters. The van der Waals surface area contributed by atoms with Crippen molar-refractivity contribution >= 4 is 28.7 Å². The maximum atomic E-state index is 12.3. The molecule has 1 saturated heterocycles. The minimum atomic E-state index is -0.401. The molecule has 1 N–H and O–H groups in total. The summed E-state index contributed by atoms with van der Waals surface area (Å²) in [4.78, 5) is 27.7. The lowest BCUT2D eigenvalue weighted by Crippen LogP contribution is -2.51. The minimum absolute atomic E-state index is 0.0452. The first-order valence-electron chi connectivity index (χ1n) is 8.10. The number of piperazine rings is 1. The third-order valence-corrected chi connectivity index (χ3v) is 5.38. The largest absolute Gasteiger partial charge is 0.368 e. The van der Waals surface area contributed by atoms with Crippen molar-refractivity contribution in [3.8, 4) is 0 Å². The molecule has 0 saturated carbocycles. The standard InChI is InChI=1S/C17H20N4O3S/c1-13-6-11-25-16(13)12-18-17(22)20-9-7-19(8-10-20)14-2-4-15(5-3-14)21(23)24/h2-6,11H,7-10,12H2,1H3,(H,18,22). The fourth-order valence-corrected chi connectivity index (χ4v) is 3.65. The van der Waals surface area contributed by atoms with Crippen molar-refractivity contribution in [1.29, 1.82) is 0 Å². The number of hydrogen-bond donors (Lipinski definition) is 1. The van der Waals surface area contributed by atoms with Gasteiger partial charge in [0, 0.05) is 48.9 Å². The highest BCUT2D eigenvalue weighted by atomic mass is 32.1. The second-order valence-electron chi connectivity index (χ2n) is 5.93. The molecule has 1 aromatic carbocycles. The Balaban J connectivity index is 1.50. The van der Waals surface area contributed by atoms with Crippen molar-refractivity contribution in [1.82, 2.24) is 10.2 Å². The van der Waals surface area contributed by atoms with E-state index in [0.29, 0.717) is 32.7 Å². The van der Waals surface area contributed by atoms with Gasteiger partial charge < -0.3 is 15.1 Å². The van der Waals surface area contributed by atoms with E-state index >= 15 is 0 Å². The van der Waals surface area contributed by atoms with Crippen LogP contribution in [0.1, 0.15) is 10.4 Å². The Kier molecular flexibility index (Phi) is 5.18. The molecule has 1 aliphatic rings. The van der Waals surface area contributed by atoms with Crippen LogP contribution in [0.5, 0.6) is 0 Å². The molecule has 0 bridgehead atoms. The van der Waals surface area contributed by atoms with Crippen LogP contribution < -0.4 is 10.2 Å². The normalized spacial score (nSPS) is 14.4. The van der Waals surface area contributed by atoms with E-state index in [1.807, 2.05) is 17.2 Å². The molecule has 2 heterocycles. The number of thiophene rings is 1. The zero-order chi connectivity index (χ0) is 17.8. The molecule has 0 aliphatic carbocycles. The van der Waals surface area contributed by atoms with Gasteiger partial charge in [-0.1, -0.05) is 0 Å². The van der Waals surface area contributed by atoms with Crippen molar-refractivity contribution in [3.05, 3.63) is 56.3 Å². The molecular weight excluding hydrogens is 340 g/mol. The van der Waals surface area contributed by atoms with Gasteiger partial charge in [0.05, 0.1) is 11.5 Å². The number of amides is 2. The lowest BCUT2D eigenvalue weighted by Gasteiger charge is -2.36. The molecule has 25 heavy (non-hydrogen) atoms. The maximum absolute atomic E-state index is 12.3. The van der Waals surface area contributed by atoms with Gasteiger partial charge in [-0.05, 0) is 36.1 Å². The van der Waals surface area contributed by atoms with Crippen molar-refractivity contribution in [2.24, 2.45) is 0 Å². The third-order valence-electron chi connectivity index (χ3n) is 4.36. The summed E-state index contributed by atoms with van der Waals surface area (Å²) in [6, 6.07) is 8.54. The average Bonchev–Trinajstić information content (AvgIpc) is 3.05. The van der Waals surface area contributed by atoms with Gasteiger partial charge in [-0.25, -0.2) is 4.79 Å². The Morgan fingerprint density at radius 3 is 2.44 bits per heavy atom. The fourth-order valence-electron chi connectivity index (χ4n) is 2.81. The number of rotatable bonds is 4.